The molecule has 1 aromatic carbocycles. The molecular formula is C15H23N3O. The molecule has 0 unspecified atom stereocenters. The second-order valence-corrected chi connectivity index (χ2v) is 5.07. The molecule has 0 saturated carbocycles. The Labute approximate surface area is 115 Å². The number of nitrogens with zero attached hydrogens (tertiary/aromatic N) is 1. The molecule has 4 heteroatoms. The number of nitrogen functional groups attached to an aromatic ring is 1. The molecule has 0 fully saturated rings. The highest BCUT2D eigenvalue weighted by molar-refractivity contribution is 5.97. The van der Waals surface area contributed by atoms with Crippen molar-refractivity contribution in [2.45, 2.75) is 32.6 Å². The molecule has 4 nitrogen and oxygen atoms in total. The average molecular weight is 261 g/mol. The second kappa shape index (κ2) is 6.57. The maximum atomic E-state index is 12.2. The predicted molar refractivity (Wildman–Crippen MR) is 79.3 cm³/mol. The Morgan fingerprint density at radius 3 is 3.05 bits per heavy atom. The Balaban J connectivity index is 1.87. The second-order valence-electron chi connectivity index (χ2n) is 5.07. The van der Waals surface area contributed by atoms with Gasteiger partial charge in [-0.2, -0.15) is 0 Å². The van der Waals surface area contributed by atoms with Gasteiger partial charge in [0.25, 0.3) is 0 Å². The molecule has 1 aromatic rings. The normalized spacial score (nSPS) is 13.6. The number of carbonyl (C=O) groups excluding carboxylic acids is 1. The van der Waals surface area contributed by atoms with E-state index in [1.54, 1.807) is 0 Å². The zero-order valence-electron chi connectivity index (χ0n) is 11.6. The van der Waals surface area contributed by atoms with Crippen molar-refractivity contribution in [1.82, 2.24) is 5.32 Å². The summed E-state index contributed by atoms with van der Waals surface area (Å²) in [5, 5.41) is 3.22. The molecule has 0 bridgehead atoms. The lowest BCUT2D eigenvalue weighted by atomic mass is 10.1. The number of anilines is 2. The summed E-state index contributed by atoms with van der Waals surface area (Å²) in [6, 6.07) is 5.82. The van der Waals surface area contributed by atoms with E-state index in [4.69, 9.17) is 5.73 Å². The first-order chi connectivity index (χ1) is 9.22. The minimum atomic E-state index is 0.140. The fourth-order valence-electron chi connectivity index (χ4n) is 2.45. The van der Waals surface area contributed by atoms with Gasteiger partial charge in [-0.25, -0.2) is 0 Å². The van der Waals surface area contributed by atoms with E-state index < -0.39 is 0 Å². The molecule has 1 heterocycles. The van der Waals surface area contributed by atoms with Crippen LogP contribution in [0.1, 0.15) is 31.7 Å². The minimum Gasteiger partial charge on any atom is -0.399 e. The highest BCUT2D eigenvalue weighted by Crippen LogP contribution is 2.29. The first-order valence-electron chi connectivity index (χ1n) is 7.12. The summed E-state index contributed by atoms with van der Waals surface area (Å²) >= 11 is 0. The van der Waals surface area contributed by atoms with E-state index in [2.05, 4.69) is 12.2 Å². The van der Waals surface area contributed by atoms with E-state index in [0.717, 1.165) is 31.6 Å². The van der Waals surface area contributed by atoms with Crippen LogP contribution in [-0.2, 0) is 11.2 Å². The minimum absolute atomic E-state index is 0.140. The molecule has 104 valence electrons. The molecule has 1 aliphatic heterocycles. The lowest BCUT2D eigenvalue weighted by molar-refractivity contribution is -0.117. The molecule has 0 aromatic heterocycles. The molecule has 3 N–H and O–H groups in total. The van der Waals surface area contributed by atoms with Gasteiger partial charge in [-0.3, -0.25) is 4.79 Å². The fourth-order valence-corrected chi connectivity index (χ4v) is 2.45. The van der Waals surface area contributed by atoms with E-state index >= 15 is 0 Å². The third-order valence-electron chi connectivity index (χ3n) is 3.54. The summed E-state index contributed by atoms with van der Waals surface area (Å²) in [6.45, 7) is 4.28. The van der Waals surface area contributed by atoms with Crippen molar-refractivity contribution in [2.75, 3.05) is 30.3 Å². The lowest BCUT2D eigenvalue weighted by Gasteiger charge is -2.18. The first-order valence-corrected chi connectivity index (χ1v) is 7.12. The molecule has 1 aliphatic rings. The van der Waals surface area contributed by atoms with Crippen LogP contribution in [0.15, 0.2) is 18.2 Å². The van der Waals surface area contributed by atoms with Crippen LogP contribution in [0.2, 0.25) is 0 Å². The van der Waals surface area contributed by atoms with Crippen molar-refractivity contribution < 1.29 is 4.79 Å². The van der Waals surface area contributed by atoms with Crippen molar-refractivity contribution in [3.63, 3.8) is 0 Å². The Morgan fingerprint density at radius 2 is 2.26 bits per heavy atom. The van der Waals surface area contributed by atoms with Crippen molar-refractivity contribution in [2.24, 2.45) is 0 Å². The van der Waals surface area contributed by atoms with Crippen LogP contribution >= 0.6 is 0 Å². The molecule has 0 spiro atoms. The van der Waals surface area contributed by atoms with Crippen molar-refractivity contribution >= 4 is 17.3 Å². The third kappa shape index (κ3) is 3.47. The van der Waals surface area contributed by atoms with E-state index in [1.165, 1.54) is 18.4 Å². The highest BCUT2D eigenvalue weighted by Gasteiger charge is 2.24. The topological polar surface area (TPSA) is 58.4 Å². The number of unbranched alkanes of at least 4 members (excludes halogenated alkanes) is 2. The number of fused-ring (bicyclic) bond motifs is 1. The van der Waals surface area contributed by atoms with Crippen LogP contribution in [0.4, 0.5) is 11.4 Å². The Bertz CT molecular complexity index is 445. The van der Waals surface area contributed by atoms with Gasteiger partial charge in [-0.15, -0.1) is 0 Å². The van der Waals surface area contributed by atoms with Gasteiger partial charge in [0.1, 0.15) is 0 Å². The van der Waals surface area contributed by atoms with Crippen LogP contribution in [0.3, 0.4) is 0 Å². The van der Waals surface area contributed by atoms with Crippen LogP contribution in [0.25, 0.3) is 0 Å². The van der Waals surface area contributed by atoms with Crippen LogP contribution in [0.5, 0.6) is 0 Å². The van der Waals surface area contributed by atoms with E-state index in [9.17, 15) is 4.79 Å². The van der Waals surface area contributed by atoms with Gasteiger partial charge in [-0.05, 0) is 37.1 Å². The van der Waals surface area contributed by atoms with Gasteiger partial charge >= 0.3 is 0 Å². The zero-order valence-corrected chi connectivity index (χ0v) is 11.6. The van der Waals surface area contributed by atoms with Gasteiger partial charge < -0.3 is 16.0 Å². The van der Waals surface area contributed by atoms with Crippen LogP contribution < -0.4 is 16.0 Å². The Hall–Kier alpha value is -1.55. The summed E-state index contributed by atoms with van der Waals surface area (Å²) in [5.74, 6) is 0.140. The van der Waals surface area contributed by atoms with E-state index in [1.807, 2.05) is 23.1 Å². The molecular weight excluding hydrogens is 238 g/mol. The average Bonchev–Trinajstić information content (AvgIpc) is 2.81. The number of nitrogens with two attached hydrogens (primary N) is 1. The molecule has 1 amide bonds. The summed E-state index contributed by atoms with van der Waals surface area (Å²) in [6.07, 6.45) is 4.48. The number of nitrogens with one attached hydrogen (secondary N) is 1. The summed E-state index contributed by atoms with van der Waals surface area (Å²) in [4.78, 5) is 14.0. The lowest BCUT2D eigenvalue weighted by Crippen LogP contribution is -2.37. The predicted octanol–water partition coefficient (Wildman–Crippen LogP) is 1.94. The van der Waals surface area contributed by atoms with E-state index in [-0.39, 0.29) is 5.91 Å². The SMILES string of the molecule is CCCCCNCC(=O)N1CCc2ccc(N)cc21. The Morgan fingerprint density at radius 1 is 1.42 bits per heavy atom. The first kappa shape index (κ1) is 13.9. The van der Waals surface area contributed by atoms with Gasteiger partial charge in [0.2, 0.25) is 5.91 Å². The molecule has 0 saturated heterocycles. The van der Waals surface area contributed by atoms with E-state index in [0.29, 0.717) is 12.2 Å². The maximum Gasteiger partial charge on any atom is 0.240 e. The van der Waals surface area contributed by atoms with Gasteiger partial charge in [0, 0.05) is 17.9 Å². The number of rotatable bonds is 6. The monoisotopic (exact) mass is 261 g/mol. The largest absolute Gasteiger partial charge is 0.399 e. The van der Waals surface area contributed by atoms with Crippen molar-refractivity contribution in [1.29, 1.82) is 0 Å². The van der Waals surface area contributed by atoms with Crippen molar-refractivity contribution in [3.05, 3.63) is 23.8 Å². The standard InChI is InChI=1S/C15H23N3O/c1-2-3-4-8-17-11-15(19)18-9-7-12-5-6-13(16)10-14(12)18/h5-6,10,17H,2-4,7-9,11,16H2,1H3. The molecule has 0 radical (unpaired) electrons. The van der Waals surface area contributed by atoms with Crippen molar-refractivity contribution in [3.8, 4) is 0 Å². The Kier molecular flexibility index (Phi) is 4.80. The van der Waals surface area contributed by atoms with Gasteiger partial charge in [0.15, 0.2) is 0 Å². The number of benzene rings is 1. The molecule has 0 aliphatic carbocycles. The number of hydrogen-bond donors (Lipinski definition) is 2. The number of amides is 1. The molecule has 2 rings (SSSR count). The summed E-state index contributed by atoms with van der Waals surface area (Å²) < 4.78 is 0. The van der Waals surface area contributed by atoms with Crippen LogP contribution in [0, 0.1) is 0 Å². The number of hydrogen-bond acceptors (Lipinski definition) is 3. The molecule has 0 atom stereocenters. The number of carbonyl (C=O) groups is 1. The van der Waals surface area contributed by atoms with Crippen LogP contribution in [-0.4, -0.2) is 25.5 Å². The zero-order chi connectivity index (χ0) is 13.7. The molecule has 19 heavy (non-hydrogen) atoms. The quantitative estimate of drug-likeness (QED) is 0.608. The summed E-state index contributed by atoms with van der Waals surface area (Å²) in [5.41, 5.74) is 8.71. The van der Waals surface area contributed by atoms with Gasteiger partial charge in [0.05, 0.1) is 6.54 Å². The highest BCUT2D eigenvalue weighted by atomic mass is 16.2. The summed E-state index contributed by atoms with van der Waals surface area (Å²) in [7, 11) is 0. The van der Waals surface area contributed by atoms with Gasteiger partial charge in [-0.1, -0.05) is 25.8 Å². The third-order valence-corrected chi connectivity index (χ3v) is 3.54. The maximum absolute atomic E-state index is 12.2. The fraction of sp³-hybridized carbons (Fsp3) is 0.533. The smallest absolute Gasteiger partial charge is 0.240 e.